The minimum atomic E-state index is -0.954. The predicted molar refractivity (Wildman–Crippen MR) is 137 cm³/mol. The van der Waals surface area contributed by atoms with E-state index < -0.39 is 11.9 Å². The fourth-order valence-corrected chi connectivity index (χ4v) is 4.71. The van der Waals surface area contributed by atoms with Crippen molar-refractivity contribution in [2.24, 2.45) is 0 Å². The zero-order valence-corrected chi connectivity index (χ0v) is 20.6. The van der Waals surface area contributed by atoms with Crippen LogP contribution in [0.2, 0.25) is 5.02 Å². The van der Waals surface area contributed by atoms with E-state index in [1.54, 1.807) is 53.9 Å². The quantitative estimate of drug-likeness (QED) is 0.450. The van der Waals surface area contributed by atoms with E-state index in [1.807, 2.05) is 18.2 Å². The lowest BCUT2D eigenvalue weighted by Gasteiger charge is -2.32. The molecule has 1 fully saturated rings. The minimum absolute atomic E-state index is 0.0415. The summed E-state index contributed by atoms with van der Waals surface area (Å²) in [4.78, 5) is 41.5. The Kier molecular flexibility index (Phi) is 8.52. The van der Waals surface area contributed by atoms with Crippen LogP contribution in [0.1, 0.15) is 34.1 Å². The van der Waals surface area contributed by atoms with Crippen molar-refractivity contribution >= 4 is 46.3 Å². The molecule has 7 nitrogen and oxygen atoms in total. The molecule has 35 heavy (non-hydrogen) atoms. The average Bonchev–Trinajstić information content (AvgIpc) is 3.60. The first-order valence-electron chi connectivity index (χ1n) is 11.4. The number of thiophene rings is 1. The zero-order valence-electron chi connectivity index (χ0n) is 19.0. The molecule has 3 aromatic rings. The smallest absolute Gasteiger partial charge is 0.261 e. The number of carbonyl (C=O) groups excluding carboxylic acids is 3. The number of amides is 3. The van der Waals surface area contributed by atoms with Gasteiger partial charge in [0.1, 0.15) is 6.04 Å². The summed E-state index contributed by atoms with van der Waals surface area (Å²) < 4.78 is 5.64. The second-order valence-electron chi connectivity index (χ2n) is 8.09. The largest absolute Gasteiger partial charge is 0.376 e. The first-order valence-corrected chi connectivity index (χ1v) is 12.6. The van der Waals surface area contributed by atoms with E-state index in [9.17, 15) is 14.4 Å². The van der Waals surface area contributed by atoms with Crippen molar-refractivity contribution in [2.75, 3.05) is 24.6 Å². The van der Waals surface area contributed by atoms with Gasteiger partial charge in [-0.05, 0) is 54.1 Å². The van der Waals surface area contributed by atoms with Gasteiger partial charge in [0.05, 0.1) is 17.5 Å². The third-order valence-electron chi connectivity index (χ3n) is 5.67. The van der Waals surface area contributed by atoms with Crippen molar-refractivity contribution in [1.82, 2.24) is 10.6 Å². The van der Waals surface area contributed by atoms with E-state index in [0.717, 1.165) is 12.8 Å². The van der Waals surface area contributed by atoms with Crippen LogP contribution in [0.4, 0.5) is 5.69 Å². The number of hydrogen-bond acceptors (Lipinski definition) is 5. The molecule has 1 aliphatic rings. The molecule has 0 bridgehead atoms. The molecule has 1 aromatic heterocycles. The number of halogens is 1. The first kappa shape index (κ1) is 24.9. The number of ether oxygens (including phenoxy) is 1. The molecule has 2 atom stereocenters. The summed E-state index contributed by atoms with van der Waals surface area (Å²) in [5.74, 6) is -1.11. The van der Waals surface area contributed by atoms with E-state index in [0.29, 0.717) is 34.3 Å². The molecule has 0 unspecified atom stereocenters. The van der Waals surface area contributed by atoms with Gasteiger partial charge in [0.25, 0.3) is 5.91 Å². The van der Waals surface area contributed by atoms with Crippen LogP contribution in [0.5, 0.6) is 0 Å². The van der Waals surface area contributed by atoms with Crippen molar-refractivity contribution in [3.05, 3.63) is 87.6 Å². The second-order valence-corrected chi connectivity index (χ2v) is 9.48. The number of anilines is 1. The Labute approximate surface area is 213 Å². The Bertz CT molecular complexity index is 1130. The molecular formula is C26H26ClN3O4S. The Morgan fingerprint density at radius 3 is 2.46 bits per heavy atom. The molecule has 0 spiro atoms. The van der Waals surface area contributed by atoms with Crippen LogP contribution >= 0.6 is 22.9 Å². The first-order chi connectivity index (χ1) is 17.0. The molecule has 2 aromatic carbocycles. The number of hydrogen-bond donors (Lipinski definition) is 2. The summed E-state index contributed by atoms with van der Waals surface area (Å²) in [6, 6.07) is 18.3. The van der Waals surface area contributed by atoms with E-state index in [4.69, 9.17) is 16.3 Å². The van der Waals surface area contributed by atoms with E-state index in [1.165, 1.54) is 16.2 Å². The van der Waals surface area contributed by atoms with Crippen molar-refractivity contribution in [3.8, 4) is 0 Å². The lowest BCUT2D eigenvalue weighted by molar-refractivity contribution is -0.126. The molecule has 2 heterocycles. The molecule has 3 amide bonds. The highest BCUT2D eigenvalue weighted by Gasteiger charge is 2.33. The lowest BCUT2D eigenvalue weighted by Crippen LogP contribution is -2.48. The number of nitrogens with zero attached hydrogens (tertiary/aromatic N) is 1. The van der Waals surface area contributed by atoms with Crippen LogP contribution in [0.3, 0.4) is 0 Å². The molecular weight excluding hydrogens is 486 g/mol. The van der Waals surface area contributed by atoms with E-state index in [-0.39, 0.29) is 24.5 Å². The highest BCUT2D eigenvalue weighted by molar-refractivity contribution is 7.12. The van der Waals surface area contributed by atoms with Gasteiger partial charge in [-0.1, -0.05) is 48.0 Å². The third kappa shape index (κ3) is 6.48. The number of nitrogens with one attached hydrogen (secondary N) is 2. The Morgan fingerprint density at radius 1 is 1.03 bits per heavy atom. The van der Waals surface area contributed by atoms with E-state index in [2.05, 4.69) is 10.6 Å². The lowest BCUT2D eigenvalue weighted by atomic mass is 10.0. The van der Waals surface area contributed by atoms with Gasteiger partial charge < -0.3 is 15.4 Å². The number of carbonyl (C=O) groups is 3. The van der Waals surface area contributed by atoms with E-state index >= 15 is 0 Å². The highest BCUT2D eigenvalue weighted by Crippen LogP contribution is 2.29. The van der Waals surface area contributed by atoms with Crippen LogP contribution in [-0.4, -0.2) is 43.5 Å². The van der Waals surface area contributed by atoms with Gasteiger partial charge in [-0.25, -0.2) is 0 Å². The molecule has 4 rings (SSSR count). The third-order valence-corrected chi connectivity index (χ3v) is 6.79. The maximum atomic E-state index is 13.6. The van der Waals surface area contributed by atoms with Gasteiger partial charge in [0, 0.05) is 23.9 Å². The maximum Gasteiger partial charge on any atom is 0.261 e. The van der Waals surface area contributed by atoms with Gasteiger partial charge in [0.2, 0.25) is 11.8 Å². The second kappa shape index (κ2) is 12.0. The Morgan fingerprint density at radius 2 is 1.80 bits per heavy atom. The molecule has 2 N–H and O–H groups in total. The average molecular weight is 512 g/mol. The molecule has 1 aliphatic heterocycles. The Hall–Kier alpha value is -3.20. The van der Waals surface area contributed by atoms with Crippen molar-refractivity contribution in [3.63, 3.8) is 0 Å². The van der Waals surface area contributed by atoms with Crippen LogP contribution in [-0.2, 0) is 14.3 Å². The number of rotatable bonds is 9. The highest BCUT2D eigenvalue weighted by atomic mass is 35.5. The summed E-state index contributed by atoms with van der Waals surface area (Å²) in [7, 11) is 0. The molecule has 0 radical (unpaired) electrons. The van der Waals surface area contributed by atoms with Gasteiger partial charge in [0.15, 0.2) is 0 Å². The summed E-state index contributed by atoms with van der Waals surface area (Å²) >= 11 is 7.37. The van der Waals surface area contributed by atoms with Crippen LogP contribution in [0.15, 0.2) is 72.1 Å². The standard InChI is InChI=1S/C26H26ClN3O4S/c27-19-10-12-20(13-11-19)30(23(31)17-29-25(32)22-9-5-15-35-22)24(18-6-2-1-3-7-18)26(33)28-16-21-8-4-14-34-21/h1-3,5-7,9-13,15,21,24H,4,8,14,16-17H2,(H,28,33)(H,29,32)/t21-,24+/m0/s1. The van der Waals surface area contributed by atoms with Crippen molar-refractivity contribution in [1.29, 1.82) is 0 Å². The molecule has 1 saturated heterocycles. The van der Waals surface area contributed by atoms with Crippen LogP contribution < -0.4 is 15.5 Å². The summed E-state index contributed by atoms with van der Waals surface area (Å²) in [5.41, 5.74) is 1.14. The van der Waals surface area contributed by atoms with Gasteiger partial charge in [-0.3, -0.25) is 19.3 Å². The minimum Gasteiger partial charge on any atom is -0.376 e. The fraction of sp³-hybridized carbons (Fsp3) is 0.269. The zero-order chi connectivity index (χ0) is 24.6. The SMILES string of the molecule is O=C(NCC(=O)N(c1ccc(Cl)cc1)[C@@H](C(=O)NC[C@@H]1CCCO1)c1ccccc1)c1cccs1. The van der Waals surface area contributed by atoms with Crippen LogP contribution in [0.25, 0.3) is 0 Å². The van der Waals surface area contributed by atoms with Gasteiger partial charge in [-0.2, -0.15) is 0 Å². The summed E-state index contributed by atoms with van der Waals surface area (Å²) in [6.45, 7) is 0.767. The van der Waals surface area contributed by atoms with Crippen LogP contribution in [0, 0.1) is 0 Å². The Balaban J connectivity index is 1.62. The summed E-state index contributed by atoms with van der Waals surface area (Å²) in [5, 5.41) is 7.93. The monoisotopic (exact) mass is 511 g/mol. The van der Waals surface area contributed by atoms with Crippen molar-refractivity contribution < 1.29 is 19.1 Å². The van der Waals surface area contributed by atoms with Gasteiger partial charge in [-0.15, -0.1) is 11.3 Å². The molecule has 182 valence electrons. The fourth-order valence-electron chi connectivity index (χ4n) is 3.94. The summed E-state index contributed by atoms with van der Waals surface area (Å²) in [6.07, 6.45) is 1.80. The topological polar surface area (TPSA) is 87.7 Å². The van der Waals surface area contributed by atoms with Crippen molar-refractivity contribution in [2.45, 2.75) is 25.0 Å². The molecule has 0 saturated carbocycles. The molecule has 9 heteroatoms. The predicted octanol–water partition coefficient (Wildman–Crippen LogP) is 4.20. The van der Waals surface area contributed by atoms with Gasteiger partial charge >= 0.3 is 0 Å². The maximum absolute atomic E-state index is 13.6. The number of benzene rings is 2. The normalized spacial score (nSPS) is 15.9. The molecule has 0 aliphatic carbocycles.